The summed E-state index contributed by atoms with van der Waals surface area (Å²) in [5.74, 6) is 0. The molecule has 0 saturated heterocycles. The number of hydrogen-bond acceptors (Lipinski definition) is 0. The highest BCUT2D eigenvalue weighted by molar-refractivity contribution is 4.76. The van der Waals surface area contributed by atoms with Crippen LogP contribution in [0.25, 0.3) is 0 Å². The highest BCUT2D eigenvalue weighted by Gasteiger charge is 1.87. The fourth-order valence-corrected chi connectivity index (χ4v) is 1.31. The lowest BCUT2D eigenvalue weighted by molar-refractivity contribution is 0.622. The third-order valence-electron chi connectivity index (χ3n) is 2.10. The minimum Gasteiger partial charge on any atom is -0.133 e. The van der Waals surface area contributed by atoms with Gasteiger partial charge in [0.2, 0.25) is 0 Å². The van der Waals surface area contributed by atoms with E-state index in [2.05, 4.69) is 31.4 Å². The lowest BCUT2D eigenvalue weighted by Crippen LogP contribution is -1.77. The lowest BCUT2D eigenvalue weighted by atomic mass is 10.1. The van der Waals surface area contributed by atoms with Crippen LogP contribution in [-0.4, -0.2) is 0 Å². The Hall–Kier alpha value is -0.740. The number of rotatable bonds is 8. The molecule has 0 radical (unpaired) electrons. The molecule has 0 nitrogen and oxygen atoms in total. The largest absolute Gasteiger partial charge is 0.133 e. The molecule has 0 heteroatoms. The van der Waals surface area contributed by atoms with Crippen molar-refractivity contribution in [3.63, 3.8) is 0 Å². The first-order valence-electron chi connectivity index (χ1n) is 5.37. The molecule has 0 aromatic heterocycles. The zero-order valence-electron chi connectivity index (χ0n) is 8.89. The molecule has 0 aliphatic rings. The summed E-state index contributed by atoms with van der Waals surface area (Å²) in [6.07, 6.45) is 15.6. The van der Waals surface area contributed by atoms with Gasteiger partial charge in [-0.05, 0) is 38.7 Å². The fourth-order valence-electron chi connectivity index (χ4n) is 1.31. The van der Waals surface area contributed by atoms with Crippen LogP contribution in [0, 0.1) is 0 Å². The van der Waals surface area contributed by atoms with Crippen LogP contribution >= 0.6 is 0 Å². The molecule has 0 fully saturated rings. The van der Waals surface area contributed by atoms with E-state index in [-0.39, 0.29) is 0 Å². The van der Waals surface area contributed by atoms with Crippen LogP contribution in [0.4, 0.5) is 0 Å². The van der Waals surface area contributed by atoms with Gasteiger partial charge < -0.3 is 0 Å². The van der Waals surface area contributed by atoms with Crippen molar-refractivity contribution < 1.29 is 0 Å². The van der Waals surface area contributed by atoms with Crippen molar-refractivity contribution in [1.82, 2.24) is 0 Å². The summed E-state index contributed by atoms with van der Waals surface area (Å²) in [4.78, 5) is 0. The van der Waals surface area contributed by atoms with Crippen LogP contribution < -0.4 is 0 Å². The van der Waals surface area contributed by atoms with Crippen LogP contribution in [0.2, 0.25) is 0 Å². The van der Waals surface area contributed by atoms with Gasteiger partial charge in [-0.15, -0.1) is 5.73 Å². The van der Waals surface area contributed by atoms with Crippen molar-refractivity contribution in [2.45, 2.75) is 51.9 Å². The number of hydrogen-bond donors (Lipinski definition) is 0. The Balaban J connectivity index is 2.95. The summed E-state index contributed by atoms with van der Waals surface area (Å²) in [5.41, 5.74) is 2.80. The van der Waals surface area contributed by atoms with Crippen molar-refractivity contribution in [2.24, 2.45) is 0 Å². The summed E-state index contributed by atoms with van der Waals surface area (Å²) in [5, 5.41) is 0. The van der Waals surface area contributed by atoms with Crippen molar-refractivity contribution in [2.75, 3.05) is 0 Å². The normalized spacial score (nSPS) is 10.2. The maximum Gasteiger partial charge on any atom is -0.0275 e. The van der Waals surface area contributed by atoms with E-state index in [1.807, 2.05) is 6.08 Å². The minimum atomic E-state index is 1.15. The summed E-state index contributed by atoms with van der Waals surface area (Å²) < 4.78 is 0. The second-order valence-electron chi connectivity index (χ2n) is 3.32. The highest BCUT2D eigenvalue weighted by atomic mass is 13.9. The van der Waals surface area contributed by atoms with E-state index in [4.69, 9.17) is 0 Å². The molecule has 0 rings (SSSR count). The van der Waals surface area contributed by atoms with Crippen LogP contribution in [0.1, 0.15) is 51.9 Å². The molecule has 74 valence electrons. The van der Waals surface area contributed by atoms with Crippen LogP contribution in [-0.2, 0) is 0 Å². The second-order valence-corrected chi connectivity index (χ2v) is 3.32. The molecule has 0 spiro atoms. The average Bonchev–Trinajstić information content (AvgIpc) is 2.16. The first kappa shape index (κ1) is 12.3. The highest BCUT2D eigenvalue weighted by Crippen LogP contribution is 2.07. The molecule has 0 N–H and O–H groups in total. The zero-order chi connectivity index (χ0) is 9.78. The van der Waals surface area contributed by atoms with E-state index in [1.54, 1.807) is 0 Å². The van der Waals surface area contributed by atoms with E-state index in [9.17, 15) is 0 Å². The van der Waals surface area contributed by atoms with Gasteiger partial charge in [0.05, 0.1) is 0 Å². The smallest absolute Gasteiger partial charge is 0.0275 e. The van der Waals surface area contributed by atoms with Gasteiger partial charge in [0.15, 0.2) is 0 Å². The molecule has 0 saturated carbocycles. The van der Waals surface area contributed by atoms with Gasteiger partial charge in [0, 0.05) is 0 Å². The third kappa shape index (κ3) is 11.3. The first-order chi connectivity index (χ1) is 6.41. The Labute approximate surface area is 83.0 Å². The molecule has 13 heavy (non-hydrogen) atoms. The molecule has 0 unspecified atom stereocenters. The van der Waals surface area contributed by atoms with Crippen LogP contribution in [0.5, 0.6) is 0 Å². The van der Waals surface area contributed by atoms with Crippen molar-refractivity contribution >= 4 is 0 Å². The monoisotopic (exact) mass is 178 g/mol. The Morgan fingerprint density at radius 3 is 2.23 bits per heavy atom. The molecule has 0 aromatic carbocycles. The van der Waals surface area contributed by atoms with Crippen LogP contribution in [0.3, 0.4) is 0 Å². The SMILES string of the molecule is C=C=CCCCCCCCC=CC. The molecule has 0 bridgehead atoms. The fraction of sp³-hybridized carbons (Fsp3) is 0.615. The zero-order valence-corrected chi connectivity index (χ0v) is 8.89. The number of allylic oxidation sites excluding steroid dienone is 3. The maximum atomic E-state index is 3.54. The molecule has 0 heterocycles. The molecule has 0 aliphatic heterocycles. The average molecular weight is 178 g/mol. The van der Waals surface area contributed by atoms with E-state index < -0.39 is 0 Å². The van der Waals surface area contributed by atoms with Gasteiger partial charge in [0.25, 0.3) is 0 Å². The molecular weight excluding hydrogens is 156 g/mol. The van der Waals surface area contributed by atoms with Gasteiger partial charge in [-0.1, -0.05) is 38.0 Å². The van der Waals surface area contributed by atoms with Crippen molar-refractivity contribution in [3.05, 3.63) is 30.5 Å². The molecule has 0 amide bonds. The second kappa shape index (κ2) is 11.3. The molecular formula is C13H22. The van der Waals surface area contributed by atoms with Gasteiger partial charge >= 0.3 is 0 Å². The quantitative estimate of drug-likeness (QED) is 0.289. The number of unbranched alkanes of at least 4 members (excludes halogenated alkanes) is 6. The summed E-state index contributed by atoms with van der Waals surface area (Å²) >= 11 is 0. The Morgan fingerprint density at radius 2 is 1.62 bits per heavy atom. The standard InChI is InChI=1S/C13H22/c1-3-5-7-9-11-13-12-10-8-6-4-2/h4-6H,1,7-13H2,2H3. The topological polar surface area (TPSA) is 0 Å². The van der Waals surface area contributed by atoms with Gasteiger partial charge in [-0.25, -0.2) is 0 Å². The van der Waals surface area contributed by atoms with Crippen LogP contribution in [0.15, 0.2) is 30.5 Å². The molecule has 0 aromatic rings. The van der Waals surface area contributed by atoms with E-state index >= 15 is 0 Å². The van der Waals surface area contributed by atoms with Crippen molar-refractivity contribution in [1.29, 1.82) is 0 Å². The first-order valence-corrected chi connectivity index (χ1v) is 5.37. The third-order valence-corrected chi connectivity index (χ3v) is 2.10. The summed E-state index contributed by atoms with van der Waals surface area (Å²) in [6, 6.07) is 0. The molecule has 0 atom stereocenters. The minimum absolute atomic E-state index is 1.15. The maximum absolute atomic E-state index is 3.54. The Morgan fingerprint density at radius 1 is 1.00 bits per heavy atom. The predicted octanol–water partition coefficient (Wildman–Crippen LogP) is 4.63. The molecule has 0 aliphatic carbocycles. The Kier molecular flexibility index (Phi) is 10.6. The van der Waals surface area contributed by atoms with Gasteiger partial charge in [-0.2, -0.15) is 0 Å². The summed E-state index contributed by atoms with van der Waals surface area (Å²) in [6.45, 7) is 5.63. The van der Waals surface area contributed by atoms with Crippen molar-refractivity contribution in [3.8, 4) is 0 Å². The van der Waals surface area contributed by atoms with Gasteiger partial charge in [-0.3, -0.25) is 0 Å². The predicted molar refractivity (Wildman–Crippen MR) is 60.8 cm³/mol. The van der Waals surface area contributed by atoms with E-state index in [1.165, 1.54) is 38.5 Å². The summed E-state index contributed by atoms with van der Waals surface area (Å²) in [7, 11) is 0. The Bertz CT molecular complexity index is 159. The van der Waals surface area contributed by atoms with E-state index in [0.717, 1.165) is 6.42 Å². The van der Waals surface area contributed by atoms with Gasteiger partial charge in [0.1, 0.15) is 0 Å². The van der Waals surface area contributed by atoms with E-state index in [0.29, 0.717) is 0 Å². The lowest BCUT2D eigenvalue weighted by Gasteiger charge is -1.97.